The zero-order valence-electron chi connectivity index (χ0n) is 13.7. The highest BCUT2D eigenvalue weighted by Gasteiger charge is 2.22. The summed E-state index contributed by atoms with van der Waals surface area (Å²) in [7, 11) is 0. The molecule has 1 aromatic heterocycles. The number of hydrogen-bond donors (Lipinski definition) is 3. The molecule has 6 nitrogen and oxygen atoms in total. The standard InChI is InChI=1S/C15H25N5OS.HI/c1-3-12-9-18-14(22-12)7-8-17-15(16-4-2)19-10-13(21)20-11-5-6-11;/h9,11H,3-8,10H2,1-2H3,(H,20,21)(H2,16,17,19);1H. The summed E-state index contributed by atoms with van der Waals surface area (Å²) in [6.07, 6.45) is 6.04. The third kappa shape index (κ3) is 7.96. The van der Waals surface area contributed by atoms with Crippen molar-refractivity contribution in [2.24, 2.45) is 4.99 Å². The van der Waals surface area contributed by atoms with Crippen molar-refractivity contribution in [2.45, 2.75) is 45.6 Å². The minimum Gasteiger partial charge on any atom is -0.357 e. The summed E-state index contributed by atoms with van der Waals surface area (Å²) in [5.41, 5.74) is 0. The first-order valence-electron chi connectivity index (χ1n) is 7.96. The van der Waals surface area contributed by atoms with Crippen molar-refractivity contribution < 1.29 is 4.79 Å². The molecule has 1 amide bonds. The molecule has 1 aromatic rings. The maximum Gasteiger partial charge on any atom is 0.242 e. The zero-order chi connectivity index (χ0) is 15.8. The van der Waals surface area contributed by atoms with Crippen molar-refractivity contribution in [3.63, 3.8) is 0 Å². The molecular weight excluding hydrogens is 425 g/mol. The van der Waals surface area contributed by atoms with E-state index < -0.39 is 0 Å². The fourth-order valence-electron chi connectivity index (χ4n) is 1.91. The number of guanidine groups is 1. The number of carbonyl (C=O) groups excluding carboxylic acids is 1. The number of rotatable bonds is 8. The number of halogens is 1. The Morgan fingerprint density at radius 3 is 2.78 bits per heavy atom. The van der Waals surface area contributed by atoms with Crippen molar-refractivity contribution in [3.8, 4) is 0 Å². The van der Waals surface area contributed by atoms with Crippen molar-refractivity contribution >= 4 is 47.2 Å². The van der Waals surface area contributed by atoms with Gasteiger partial charge in [0.2, 0.25) is 5.91 Å². The molecular formula is C15H26IN5OS. The first kappa shape index (κ1) is 20.1. The predicted molar refractivity (Wildman–Crippen MR) is 106 cm³/mol. The Balaban J connectivity index is 0.00000264. The number of hydrogen-bond acceptors (Lipinski definition) is 4. The Kier molecular flexibility index (Phi) is 9.46. The molecule has 0 aliphatic heterocycles. The molecule has 0 unspecified atom stereocenters. The molecule has 0 radical (unpaired) electrons. The normalized spacial score (nSPS) is 14.1. The maximum absolute atomic E-state index is 11.7. The second-order valence-corrected chi connectivity index (χ2v) is 6.49. The molecule has 1 fully saturated rings. The smallest absolute Gasteiger partial charge is 0.242 e. The van der Waals surface area contributed by atoms with Crippen LogP contribution in [0, 0.1) is 0 Å². The average Bonchev–Trinajstić information content (AvgIpc) is 3.20. The van der Waals surface area contributed by atoms with Gasteiger partial charge in [-0.05, 0) is 26.2 Å². The van der Waals surface area contributed by atoms with E-state index in [1.54, 1.807) is 11.3 Å². The summed E-state index contributed by atoms with van der Waals surface area (Å²) in [4.78, 5) is 21.7. The highest BCUT2D eigenvalue weighted by molar-refractivity contribution is 14.0. The molecule has 3 N–H and O–H groups in total. The molecule has 130 valence electrons. The molecule has 0 aromatic carbocycles. The van der Waals surface area contributed by atoms with Crippen LogP contribution in [0.25, 0.3) is 0 Å². The molecule has 1 heterocycles. The summed E-state index contributed by atoms with van der Waals surface area (Å²) in [5.74, 6) is 0.674. The third-order valence-corrected chi connectivity index (χ3v) is 4.45. The molecule has 0 atom stereocenters. The van der Waals surface area contributed by atoms with Crippen molar-refractivity contribution in [2.75, 3.05) is 19.6 Å². The largest absolute Gasteiger partial charge is 0.357 e. The van der Waals surface area contributed by atoms with Crippen LogP contribution in [-0.4, -0.2) is 42.5 Å². The van der Waals surface area contributed by atoms with Gasteiger partial charge in [-0.15, -0.1) is 35.3 Å². The van der Waals surface area contributed by atoms with Gasteiger partial charge in [0, 0.05) is 36.6 Å². The van der Waals surface area contributed by atoms with E-state index in [0.29, 0.717) is 12.0 Å². The first-order valence-corrected chi connectivity index (χ1v) is 8.78. The van der Waals surface area contributed by atoms with Gasteiger partial charge >= 0.3 is 0 Å². The number of thiazole rings is 1. The summed E-state index contributed by atoms with van der Waals surface area (Å²) in [5, 5.41) is 10.5. The summed E-state index contributed by atoms with van der Waals surface area (Å²) in [6.45, 7) is 5.84. The predicted octanol–water partition coefficient (Wildman–Crippen LogP) is 1.70. The molecule has 2 rings (SSSR count). The van der Waals surface area contributed by atoms with Crippen LogP contribution in [0.5, 0.6) is 0 Å². The van der Waals surface area contributed by atoms with Crippen LogP contribution in [-0.2, 0) is 17.6 Å². The van der Waals surface area contributed by atoms with Gasteiger partial charge in [-0.1, -0.05) is 6.92 Å². The fraction of sp³-hybridized carbons (Fsp3) is 0.667. The molecule has 1 saturated carbocycles. The van der Waals surface area contributed by atoms with Crippen LogP contribution in [0.3, 0.4) is 0 Å². The van der Waals surface area contributed by atoms with Crippen LogP contribution in [0.1, 0.15) is 36.6 Å². The zero-order valence-corrected chi connectivity index (χ0v) is 16.9. The van der Waals surface area contributed by atoms with Gasteiger partial charge in [0.05, 0.1) is 5.01 Å². The Morgan fingerprint density at radius 2 is 2.17 bits per heavy atom. The van der Waals surface area contributed by atoms with Gasteiger partial charge in [-0.3, -0.25) is 4.79 Å². The van der Waals surface area contributed by atoms with Crippen LogP contribution in [0.4, 0.5) is 0 Å². The van der Waals surface area contributed by atoms with Gasteiger partial charge in [0.15, 0.2) is 5.96 Å². The van der Waals surface area contributed by atoms with Crippen LogP contribution >= 0.6 is 35.3 Å². The lowest BCUT2D eigenvalue weighted by atomic mass is 10.4. The van der Waals surface area contributed by atoms with Gasteiger partial charge in [0.25, 0.3) is 0 Å². The lowest BCUT2D eigenvalue weighted by Gasteiger charge is -2.10. The third-order valence-electron chi connectivity index (χ3n) is 3.25. The van der Waals surface area contributed by atoms with E-state index >= 15 is 0 Å². The van der Waals surface area contributed by atoms with Gasteiger partial charge < -0.3 is 16.0 Å². The number of carbonyl (C=O) groups is 1. The Hall–Kier alpha value is -0.900. The molecule has 0 spiro atoms. The fourth-order valence-corrected chi connectivity index (χ4v) is 2.77. The Labute approximate surface area is 159 Å². The van der Waals surface area contributed by atoms with E-state index in [2.05, 4.69) is 32.9 Å². The molecule has 23 heavy (non-hydrogen) atoms. The molecule has 1 aliphatic carbocycles. The minimum atomic E-state index is -0.00721. The maximum atomic E-state index is 11.7. The number of aromatic nitrogens is 1. The molecule has 0 bridgehead atoms. The molecule has 1 aliphatic rings. The van der Waals surface area contributed by atoms with E-state index in [0.717, 1.165) is 43.8 Å². The first-order chi connectivity index (χ1) is 10.7. The quantitative estimate of drug-likeness (QED) is 0.320. The topological polar surface area (TPSA) is 78.4 Å². The number of aryl methyl sites for hydroxylation is 1. The van der Waals surface area contributed by atoms with Crippen LogP contribution in [0.2, 0.25) is 0 Å². The van der Waals surface area contributed by atoms with E-state index in [-0.39, 0.29) is 36.4 Å². The summed E-state index contributed by atoms with van der Waals surface area (Å²) < 4.78 is 0. The number of nitrogens with zero attached hydrogens (tertiary/aromatic N) is 2. The van der Waals surface area contributed by atoms with E-state index in [1.807, 2.05) is 13.1 Å². The minimum absolute atomic E-state index is 0. The van der Waals surface area contributed by atoms with Crippen LogP contribution in [0.15, 0.2) is 11.2 Å². The Morgan fingerprint density at radius 1 is 1.39 bits per heavy atom. The average molecular weight is 451 g/mol. The lowest BCUT2D eigenvalue weighted by Crippen LogP contribution is -2.39. The van der Waals surface area contributed by atoms with Crippen LogP contribution < -0.4 is 16.0 Å². The SMILES string of the molecule is CCNC(=NCC(=O)NC1CC1)NCCc1ncc(CC)s1.I. The Bertz CT molecular complexity index is 516. The molecule has 8 heteroatoms. The molecule has 0 saturated heterocycles. The highest BCUT2D eigenvalue weighted by Crippen LogP contribution is 2.18. The van der Waals surface area contributed by atoms with Gasteiger partial charge in [-0.2, -0.15) is 0 Å². The second kappa shape index (κ2) is 10.8. The van der Waals surface area contributed by atoms with Gasteiger partial charge in [0.1, 0.15) is 6.54 Å². The van der Waals surface area contributed by atoms with Crippen molar-refractivity contribution in [1.82, 2.24) is 20.9 Å². The summed E-state index contributed by atoms with van der Waals surface area (Å²) in [6, 6.07) is 0.385. The van der Waals surface area contributed by atoms with Gasteiger partial charge in [-0.25, -0.2) is 9.98 Å². The highest BCUT2D eigenvalue weighted by atomic mass is 127. The monoisotopic (exact) mass is 451 g/mol. The van der Waals surface area contributed by atoms with E-state index in [4.69, 9.17) is 0 Å². The number of amides is 1. The summed E-state index contributed by atoms with van der Waals surface area (Å²) >= 11 is 1.75. The van der Waals surface area contributed by atoms with Crippen molar-refractivity contribution in [3.05, 3.63) is 16.1 Å². The number of nitrogens with one attached hydrogen (secondary N) is 3. The van der Waals surface area contributed by atoms with E-state index in [9.17, 15) is 4.79 Å². The second-order valence-electron chi connectivity index (χ2n) is 5.29. The number of aliphatic imine (C=N–C) groups is 1. The van der Waals surface area contributed by atoms with Crippen molar-refractivity contribution in [1.29, 1.82) is 0 Å². The lowest BCUT2D eigenvalue weighted by molar-refractivity contribution is -0.119. The van der Waals surface area contributed by atoms with E-state index in [1.165, 1.54) is 4.88 Å².